The fourth-order valence-electron chi connectivity index (χ4n) is 3.93. The van der Waals surface area contributed by atoms with Crippen molar-refractivity contribution in [2.24, 2.45) is 5.92 Å². The molecule has 0 aromatic heterocycles. The highest BCUT2D eigenvalue weighted by Crippen LogP contribution is 2.28. The maximum absolute atomic E-state index is 12.9. The molecular weight excluding hydrogens is 413 g/mol. The predicted octanol–water partition coefficient (Wildman–Crippen LogP) is 3.36. The number of piperidine rings is 1. The smallest absolute Gasteiger partial charge is 0.251 e. The fraction of sp³-hybridized carbons (Fsp3) is 0.571. The highest BCUT2D eigenvalue weighted by molar-refractivity contribution is 6.42. The monoisotopic (exact) mass is 439 g/mol. The first-order chi connectivity index (χ1) is 13.6. The van der Waals surface area contributed by atoms with Gasteiger partial charge in [0.2, 0.25) is 11.8 Å². The van der Waals surface area contributed by atoms with Crippen molar-refractivity contribution in [1.82, 2.24) is 15.1 Å². The number of halogens is 2. The Bertz CT molecular complexity index is 814. The first-order valence-electron chi connectivity index (χ1n) is 9.91. The minimum absolute atomic E-state index is 0.00251. The van der Waals surface area contributed by atoms with Gasteiger partial charge < -0.3 is 15.1 Å². The number of carbonyl (C=O) groups is 3. The van der Waals surface area contributed by atoms with Gasteiger partial charge in [-0.2, -0.15) is 0 Å². The molecule has 1 N–H and O–H groups in total. The molecule has 8 heteroatoms. The number of amides is 3. The van der Waals surface area contributed by atoms with Crippen molar-refractivity contribution in [3.63, 3.8) is 0 Å². The number of hydrogen-bond acceptors (Lipinski definition) is 3. The van der Waals surface area contributed by atoms with E-state index in [1.165, 1.54) is 0 Å². The zero-order valence-corrected chi connectivity index (χ0v) is 18.5. The maximum atomic E-state index is 12.9. The first-order valence-corrected chi connectivity index (χ1v) is 10.7. The second-order valence-corrected chi connectivity index (χ2v) is 9.59. The van der Waals surface area contributed by atoms with Crippen LogP contribution in [0.2, 0.25) is 10.0 Å². The third kappa shape index (κ3) is 5.04. The van der Waals surface area contributed by atoms with E-state index in [-0.39, 0.29) is 41.6 Å². The number of likely N-dealkylation sites (tertiary alicyclic amines) is 2. The summed E-state index contributed by atoms with van der Waals surface area (Å²) in [4.78, 5) is 41.2. The van der Waals surface area contributed by atoms with Gasteiger partial charge in [0.05, 0.1) is 16.0 Å². The third-order valence-electron chi connectivity index (χ3n) is 5.61. The van der Waals surface area contributed by atoms with Crippen molar-refractivity contribution in [3.8, 4) is 0 Å². The van der Waals surface area contributed by atoms with Crippen molar-refractivity contribution in [2.45, 2.75) is 51.6 Å². The number of benzene rings is 1. The molecule has 3 rings (SSSR count). The summed E-state index contributed by atoms with van der Waals surface area (Å²) < 4.78 is 0. The molecule has 1 unspecified atom stereocenters. The molecule has 2 fully saturated rings. The molecule has 0 radical (unpaired) electrons. The molecule has 6 nitrogen and oxygen atoms in total. The lowest BCUT2D eigenvalue weighted by atomic mass is 10.0. The lowest BCUT2D eigenvalue weighted by Gasteiger charge is -2.35. The van der Waals surface area contributed by atoms with Crippen LogP contribution < -0.4 is 5.32 Å². The van der Waals surface area contributed by atoms with Crippen LogP contribution in [0, 0.1) is 5.92 Å². The molecule has 158 valence electrons. The topological polar surface area (TPSA) is 69.7 Å². The van der Waals surface area contributed by atoms with Crippen molar-refractivity contribution in [1.29, 1.82) is 0 Å². The van der Waals surface area contributed by atoms with Crippen molar-refractivity contribution in [2.75, 3.05) is 19.6 Å². The molecule has 1 atom stereocenters. The first kappa shape index (κ1) is 21.9. The van der Waals surface area contributed by atoms with Crippen molar-refractivity contribution >= 4 is 40.9 Å². The maximum Gasteiger partial charge on any atom is 0.251 e. The predicted molar refractivity (Wildman–Crippen MR) is 113 cm³/mol. The number of hydrogen-bond donors (Lipinski definition) is 1. The molecule has 0 aliphatic carbocycles. The third-order valence-corrected chi connectivity index (χ3v) is 6.35. The number of nitrogens with one attached hydrogen (secondary N) is 1. The van der Waals surface area contributed by atoms with Crippen LogP contribution in [0.5, 0.6) is 0 Å². The summed E-state index contributed by atoms with van der Waals surface area (Å²) in [5.41, 5.74) is 0.193. The van der Waals surface area contributed by atoms with Gasteiger partial charge in [0, 0.05) is 43.2 Å². The van der Waals surface area contributed by atoms with Gasteiger partial charge in [-0.1, -0.05) is 23.2 Å². The molecule has 0 spiro atoms. The van der Waals surface area contributed by atoms with Crippen LogP contribution in [0.15, 0.2) is 18.2 Å². The minimum atomic E-state index is -0.274. The van der Waals surface area contributed by atoms with E-state index >= 15 is 0 Å². The highest BCUT2D eigenvalue weighted by Gasteiger charge is 2.41. The molecule has 2 saturated heterocycles. The zero-order valence-electron chi connectivity index (χ0n) is 17.0. The van der Waals surface area contributed by atoms with E-state index in [2.05, 4.69) is 5.32 Å². The van der Waals surface area contributed by atoms with E-state index in [9.17, 15) is 14.4 Å². The Morgan fingerprint density at radius 3 is 2.31 bits per heavy atom. The average molecular weight is 440 g/mol. The Kier molecular flexibility index (Phi) is 6.44. The fourth-order valence-corrected chi connectivity index (χ4v) is 4.23. The molecular formula is C21H27Cl2N3O3. The van der Waals surface area contributed by atoms with Crippen LogP contribution in [-0.2, 0) is 9.59 Å². The van der Waals surface area contributed by atoms with Gasteiger partial charge in [0.25, 0.3) is 5.91 Å². The van der Waals surface area contributed by atoms with E-state index in [1.807, 2.05) is 25.7 Å². The Hall–Kier alpha value is -1.79. The van der Waals surface area contributed by atoms with Gasteiger partial charge in [-0.05, 0) is 51.8 Å². The summed E-state index contributed by atoms with van der Waals surface area (Å²) >= 11 is 11.9. The molecule has 2 heterocycles. The number of carbonyl (C=O) groups excluding carboxylic acids is 3. The summed E-state index contributed by atoms with van der Waals surface area (Å²) in [6.07, 6.45) is 1.65. The Balaban J connectivity index is 1.51. The minimum Gasteiger partial charge on any atom is -0.349 e. The van der Waals surface area contributed by atoms with Crippen molar-refractivity contribution < 1.29 is 14.4 Å². The summed E-state index contributed by atoms with van der Waals surface area (Å²) in [7, 11) is 0. The van der Waals surface area contributed by atoms with Crippen LogP contribution in [-0.4, -0.2) is 58.7 Å². The van der Waals surface area contributed by atoms with E-state index in [1.54, 1.807) is 23.1 Å². The summed E-state index contributed by atoms with van der Waals surface area (Å²) in [5, 5.41) is 3.75. The Labute approximate surface area is 181 Å². The number of rotatable bonds is 3. The SMILES string of the molecule is CC(C)(C)N1CC(C(=O)N2CCC(NC(=O)c3ccc(Cl)c(Cl)c3)CC2)CC1=O. The summed E-state index contributed by atoms with van der Waals surface area (Å²) in [6.45, 7) is 7.59. The highest BCUT2D eigenvalue weighted by atomic mass is 35.5. The molecule has 2 aliphatic heterocycles. The zero-order chi connectivity index (χ0) is 21.3. The molecule has 0 bridgehead atoms. The van der Waals surface area contributed by atoms with Crippen LogP contribution in [0.25, 0.3) is 0 Å². The van der Waals surface area contributed by atoms with E-state index in [0.29, 0.717) is 48.1 Å². The van der Waals surface area contributed by atoms with Crippen molar-refractivity contribution in [3.05, 3.63) is 33.8 Å². The normalized spacial score (nSPS) is 20.9. The Morgan fingerprint density at radius 1 is 1.10 bits per heavy atom. The molecule has 29 heavy (non-hydrogen) atoms. The molecule has 3 amide bonds. The van der Waals surface area contributed by atoms with Gasteiger partial charge >= 0.3 is 0 Å². The lowest BCUT2D eigenvalue weighted by Crippen LogP contribution is -2.48. The lowest BCUT2D eigenvalue weighted by molar-refractivity contribution is -0.136. The molecule has 1 aromatic carbocycles. The number of nitrogens with zero attached hydrogens (tertiary/aromatic N) is 2. The molecule has 1 aromatic rings. The van der Waals surface area contributed by atoms with Gasteiger partial charge in [0.15, 0.2) is 0 Å². The second-order valence-electron chi connectivity index (χ2n) is 8.78. The molecule has 2 aliphatic rings. The van der Waals surface area contributed by atoms with Crippen LogP contribution in [0.4, 0.5) is 0 Å². The second kappa shape index (κ2) is 8.52. The van der Waals surface area contributed by atoms with Crippen LogP contribution in [0.3, 0.4) is 0 Å². The average Bonchev–Trinajstić information content (AvgIpc) is 3.06. The van der Waals surface area contributed by atoms with Gasteiger partial charge in [-0.15, -0.1) is 0 Å². The summed E-state index contributed by atoms with van der Waals surface area (Å²) in [6, 6.07) is 4.79. The van der Waals surface area contributed by atoms with Crippen LogP contribution in [0.1, 0.15) is 50.4 Å². The van der Waals surface area contributed by atoms with Gasteiger partial charge in [-0.3, -0.25) is 14.4 Å². The van der Waals surface area contributed by atoms with Gasteiger partial charge in [-0.25, -0.2) is 0 Å². The van der Waals surface area contributed by atoms with E-state index < -0.39 is 0 Å². The van der Waals surface area contributed by atoms with E-state index in [0.717, 1.165) is 0 Å². The standard InChI is InChI=1S/C21H27Cl2N3O3/c1-21(2,3)26-12-14(11-18(26)27)20(29)25-8-6-15(7-9-25)24-19(28)13-4-5-16(22)17(23)10-13/h4-5,10,14-15H,6-9,11-12H2,1-3H3,(H,24,28). The molecule has 0 saturated carbocycles. The quantitative estimate of drug-likeness (QED) is 0.784. The van der Waals surface area contributed by atoms with Gasteiger partial charge in [0.1, 0.15) is 0 Å². The summed E-state index contributed by atoms with van der Waals surface area (Å²) in [5.74, 6) is -0.390. The van der Waals surface area contributed by atoms with Crippen LogP contribution >= 0.6 is 23.2 Å². The Morgan fingerprint density at radius 2 is 1.76 bits per heavy atom. The largest absolute Gasteiger partial charge is 0.349 e. The van der Waals surface area contributed by atoms with E-state index in [4.69, 9.17) is 23.2 Å².